The van der Waals surface area contributed by atoms with Crippen LogP contribution in [0.1, 0.15) is 29.0 Å². The Morgan fingerprint density at radius 2 is 1.87 bits per heavy atom. The summed E-state index contributed by atoms with van der Waals surface area (Å²) in [5.74, 6) is -1.45. The second kappa shape index (κ2) is 7.82. The minimum atomic E-state index is -0.934. The number of nitrogens with one attached hydrogen (secondary N) is 4. The first-order valence-electron chi connectivity index (χ1n) is 9.55. The first-order valence-corrected chi connectivity index (χ1v) is 9.55. The van der Waals surface area contributed by atoms with E-state index < -0.39 is 17.4 Å². The molecule has 1 atom stereocenters. The highest BCUT2D eigenvalue weighted by Gasteiger charge is 2.35. The molecule has 1 aliphatic heterocycles. The Hall–Kier alpha value is -3.94. The summed E-state index contributed by atoms with van der Waals surface area (Å²) in [4.78, 5) is 44.9. The molecule has 0 saturated carbocycles. The fourth-order valence-electron chi connectivity index (χ4n) is 3.49. The van der Waals surface area contributed by atoms with Crippen LogP contribution in [0, 0.1) is 13.8 Å². The Morgan fingerprint density at radius 1 is 1.10 bits per heavy atom. The molecule has 2 amide bonds. The van der Waals surface area contributed by atoms with E-state index in [4.69, 9.17) is 0 Å². The molecular formula is C22H21N5O3. The second-order valence-electron chi connectivity index (χ2n) is 7.28. The van der Waals surface area contributed by atoms with Crippen molar-refractivity contribution in [1.29, 1.82) is 0 Å². The number of rotatable bonds is 4. The standard InChI is InChI=1S/C22H21N5O3/c1-12-8-9-16(13(2)10-12)24-20(29)15-11-17(28)25-19-18(15)21(30)27-22(26-19)23-14-6-4-3-5-7-14/h3-10,15H,11H2,1-2H3,(H,24,29)(H3,23,25,26,27,28,30). The normalized spacial score (nSPS) is 15.1. The van der Waals surface area contributed by atoms with Gasteiger partial charge in [0, 0.05) is 17.8 Å². The fraction of sp³-hybridized carbons (Fsp3) is 0.182. The topological polar surface area (TPSA) is 116 Å². The third-order valence-corrected chi connectivity index (χ3v) is 4.94. The van der Waals surface area contributed by atoms with Gasteiger partial charge in [-0.3, -0.25) is 19.4 Å². The molecule has 0 radical (unpaired) electrons. The molecule has 8 heteroatoms. The van der Waals surface area contributed by atoms with Gasteiger partial charge in [0.05, 0.1) is 11.5 Å². The number of para-hydroxylation sites is 1. The zero-order valence-electron chi connectivity index (χ0n) is 16.6. The van der Waals surface area contributed by atoms with E-state index in [2.05, 4.69) is 25.9 Å². The van der Waals surface area contributed by atoms with Crippen LogP contribution >= 0.6 is 0 Å². The molecule has 4 rings (SSSR count). The molecule has 0 saturated heterocycles. The minimum absolute atomic E-state index is 0.0919. The van der Waals surface area contributed by atoms with Gasteiger partial charge >= 0.3 is 0 Å². The predicted molar refractivity (Wildman–Crippen MR) is 115 cm³/mol. The summed E-state index contributed by atoms with van der Waals surface area (Å²) in [6, 6.07) is 14.8. The van der Waals surface area contributed by atoms with Crippen LogP contribution < -0.4 is 21.5 Å². The summed E-state index contributed by atoms with van der Waals surface area (Å²) >= 11 is 0. The SMILES string of the molecule is Cc1ccc(NC(=O)C2CC(=O)Nc3nc(Nc4ccccc4)[nH]c(=O)c32)c(C)c1. The highest BCUT2D eigenvalue weighted by molar-refractivity contribution is 6.04. The van der Waals surface area contributed by atoms with Gasteiger partial charge in [-0.2, -0.15) is 4.98 Å². The van der Waals surface area contributed by atoms with Crippen molar-refractivity contribution < 1.29 is 9.59 Å². The molecule has 0 spiro atoms. The number of carbonyl (C=O) groups excluding carboxylic acids is 2. The van der Waals surface area contributed by atoms with E-state index in [1.54, 1.807) is 0 Å². The fourth-order valence-corrected chi connectivity index (χ4v) is 3.49. The third kappa shape index (κ3) is 3.93. The van der Waals surface area contributed by atoms with Crippen LogP contribution in [0.3, 0.4) is 0 Å². The van der Waals surface area contributed by atoms with E-state index in [-0.39, 0.29) is 29.7 Å². The molecule has 2 aromatic carbocycles. The van der Waals surface area contributed by atoms with Gasteiger partial charge in [0.25, 0.3) is 5.56 Å². The largest absolute Gasteiger partial charge is 0.326 e. The molecule has 0 bridgehead atoms. The number of hydrogen-bond acceptors (Lipinski definition) is 5. The molecule has 30 heavy (non-hydrogen) atoms. The Kier molecular flexibility index (Phi) is 5.05. The maximum atomic E-state index is 13.0. The number of fused-ring (bicyclic) bond motifs is 1. The number of carbonyl (C=O) groups is 2. The minimum Gasteiger partial charge on any atom is -0.326 e. The zero-order valence-corrected chi connectivity index (χ0v) is 16.6. The lowest BCUT2D eigenvalue weighted by Gasteiger charge is -2.24. The second-order valence-corrected chi connectivity index (χ2v) is 7.28. The van der Waals surface area contributed by atoms with Crippen molar-refractivity contribution in [3.05, 3.63) is 75.6 Å². The molecule has 1 aliphatic rings. The maximum Gasteiger partial charge on any atom is 0.258 e. The number of nitrogens with zero attached hydrogens (tertiary/aromatic N) is 1. The van der Waals surface area contributed by atoms with E-state index >= 15 is 0 Å². The summed E-state index contributed by atoms with van der Waals surface area (Å²) in [7, 11) is 0. The number of aromatic nitrogens is 2. The molecule has 0 fully saturated rings. The van der Waals surface area contributed by atoms with E-state index in [1.807, 2.05) is 62.4 Å². The highest BCUT2D eigenvalue weighted by atomic mass is 16.2. The Balaban J connectivity index is 1.65. The van der Waals surface area contributed by atoms with Crippen molar-refractivity contribution in [2.75, 3.05) is 16.0 Å². The van der Waals surface area contributed by atoms with Crippen LogP contribution in [0.4, 0.5) is 23.1 Å². The van der Waals surface area contributed by atoms with E-state index in [0.29, 0.717) is 5.69 Å². The summed E-state index contributed by atoms with van der Waals surface area (Å²) in [5.41, 5.74) is 3.02. The summed E-state index contributed by atoms with van der Waals surface area (Å²) in [6.07, 6.45) is -0.125. The lowest BCUT2D eigenvalue weighted by molar-refractivity contribution is -0.123. The number of aryl methyl sites for hydroxylation is 2. The van der Waals surface area contributed by atoms with Crippen LogP contribution in [0.5, 0.6) is 0 Å². The van der Waals surface area contributed by atoms with Gasteiger partial charge in [-0.1, -0.05) is 35.9 Å². The molecular weight excluding hydrogens is 382 g/mol. The maximum absolute atomic E-state index is 13.0. The smallest absolute Gasteiger partial charge is 0.258 e. The summed E-state index contributed by atoms with van der Waals surface area (Å²) in [6.45, 7) is 3.85. The summed E-state index contributed by atoms with van der Waals surface area (Å²) in [5, 5.41) is 8.43. The lowest BCUT2D eigenvalue weighted by atomic mass is 9.92. The number of aromatic amines is 1. The zero-order chi connectivity index (χ0) is 21.3. The first-order chi connectivity index (χ1) is 14.4. The molecule has 8 nitrogen and oxygen atoms in total. The quantitative estimate of drug-likeness (QED) is 0.534. The average molecular weight is 403 g/mol. The Labute approximate surface area is 172 Å². The molecule has 1 unspecified atom stereocenters. The summed E-state index contributed by atoms with van der Waals surface area (Å²) < 4.78 is 0. The van der Waals surface area contributed by atoms with E-state index in [9.17, 15) is 14.4 Å². The van der Waals surface area contributed by atoms with E-state index in [0.717, 1.165) is 16.8 Å². The molecule has 152 valence electrons. The van der Waals surface area contributed by atoms with Crippen LogP contribution in [-0.4, -0.2) is 21.8 Å². The molecule has 1 aromatic heterocycles. The number of H-pyrrole nitrogens is 1. The highest BCUT2D eigenvalue weighted by Crippen LogP contribution is 2.30. The molecule has 2 heterocycles. The van der Waals surface area contributed by atoms with Gasteiger partial charge in [0.15, 0.2) is 0 Å². The predicted octanol–water partition coefficient (Wildman–Crippen LogP) is 3.19. The van der Waals surface area contributed by atoms with Gasteiger partial charge in [-0.05, 0) is 37.6 Å². The van der Waals surface area contributed by atoms with Crippen molar-refractivity contribution in [1.82, 2.24) is 9.97 Å². The molecule has 4 N–H and O–H groups in total. The van der Waals surface area contributed by atoms with Gasteiger partial charge in [-0.25, -0.2) is 0 Å². The van der Waals surface area contributed by atoms with E-state index in [1.165, 1.54) is 0 Å². The number of anilines is 4. The van der Waals surface area contributed by atoms with Gasteiger partial charge in [0.1, 0.15) is 5.82 Å². The van der Waals surface area contributed by atoms with Crippen molar-refractivity contribution in [2.45, 2.75) is 26.2 Å². The third-order valence-electron chi connectivity index (χ3n) is 4.94. The number of hydrogen-bond donors (Lipinski definition) is 4. The molecule has 0 aliphatic carbocycles. The lowest BCUT2D eigenvalue weighted by Crippen LogP contribution is -2.36. The molecule has 3 aromatic rings. The van der Waals surface area contributed by atoms with Crippen molar-refractivity contribution >= 4 is 35.0 Å². The number of amides is 2. The monoisotopic (exact) mass is 403 g/mol. The Morgan fingerprint density at radius 3 is 2.60 bits per heavy atom. The van der Waals surface area contributed by atoms with Gasteiger partial charge in [-0.15, -0.1) is 0 Å². The number of benzene rings is 2. The van der Waals surface area contributed by atoms with Crippen LogP contribution in [-0.2, 0) is 9.59 Å². The van der Waals surface area contributed by atoms with Crippen molar-refractivity contribution in [3.63, 3.8) is 0 Å². The average Bonchev–Trinajstić information content (AvgIpc) is 2.70. The van der Waals surface area contributed by atoms with Crippen molar-refractivity contribution in [3.8, 4) is 0 Å². The van der Waals surface area contributed by atoms with Gasteiger partial charge < -0.3 is 16.0 Å². The van der Waals surface area contributed by atoms with Crippen molar-refractivity contribution in [2.24, 2.45) is 0 Å². The first kappa shape index (κ1) is 19.4. The van der Waals surface area contributed by atoms with Crippen LogP contribution in [0.2, 0.25) is 0 Å². The Bertz CT molecular complexity index is 1190. The van der Waals surface area contributed by atoms with Gasteiger partial charge in [0.2, 0.25) is 17.8 Å². The van der Waals surface area contributed by atoms with Crippen LogP contribution in [0.15, 0.2) is 53.3 Å². The van der Waals surface area contributed by atoms with Crippen LogP contribution in [0.25, 0.3) is 0 Å².